The molecule has 1 fully saturated rings. The number of fused-ring (bicyclic) bond motifs is 1. The number of alkyl halides is 3. The average molecular weight is 342 g/mol. The minimum atomic E-state index is -4.80. The number of ketones is 1. The number of morpholine rings is 1. The lowest BCUT2D eigenvalue weighted by Crippen LogP contribution is -2.44. The maximum absolute atomic E-state index is 12.4. The van der Waals surface area contributed by atoms with Crippen molar-refractivity contribution in [3.05, 3.63) is 30.0 Å². The number of ether oxygens (including phenoxy) is 2. The molecular weight excluding hydrogens is 329 g/mol. The minimum absolute atomic E-state index is 0.111. The molecule has 0 atom stereocenters. The molecule has 1 N–H and O–H groups in total. The zero-order valence-corrected chi connectivity index (χ0v) is 12.4. The molecule has 0 saturated carbocycles. The lowest BCUT2D eigenvalue weighted by Gasteiger charge is -2.25. The number of nitrogens with zero attached hydrogens (tertiary/aromatic N) is 1. The summed E-state index contributed by atoms with van der Waals surface area (Å²) < 4.78 is 45.7. The first-order valence-corrected chi connectivity index (χ1v) is 7.13. The van der Waals surface area contributed by atoms with Gasteiger partial charge >= 0.3 is 6.36 Å². The first kappa shape index (κ1) is 16.3. The molecule has 0 unspecified atom stereocenters. The molecule has 24 heavy (non-hydrogen) atoms. The Morgan fingerprint density at radius 1 is 1.21 bits per heavy atom. The Hall–Kier alpha value is -2.55. The Labute approximate surface area is 134 Å². The molecule has 1 aliphatic heterocycles. The number of Topliss-reactive ketones (excluding diaryl/α,β-unsaturated/α-hetero) is 1. The largest absolute Gasteiger partial charge is 0.573 e. The molecule has 0 bridgehead atoms. The maximum Gasteiger partial charge on any atom is 0.573 e. The predicted molar refractivity (Wildman–Crippen MR) is 76.7 cm³/mol. The van der Waals surface area contributed by atoms with Crippen LogP contribution in [0.2, 0.25) is 0 Å². The van der Waals surface area contributed by atoms with E-state index >= 15 is 0 Å². The van der Waals surface area contributed by atoms with Crippen LogP contribution in [-0.4, -0.2) is 54.2 Å². The summed E-state index contributed by atoms with van der Waals surface area (Å²) in [6.45, 7) is 1.39. The number of aromatic nitrogens is 1. The van der Waals surface area contributed by atoms with Gasteiger partial charge in [0.15, 0.2) is 0 Å². The van der Waals surface area contributed by atoms with E-state index in [0.717, 1.165) is 12.1 Å². The van der Waals surface area contributed by atoms with Crippen LogP contribution in [0.25, 0.3) is 10.9 Å². The van der Waals surface area contributed by atoms with Crippen molar-refractivity contribution in [3.8, 4) is 5.75 Å². The van der Waals surface area contributed by atoms with Crippen molar-refractivity contribution in [1.82, 2.24) is 9.88 Å². The second kappa shape index (κ2) is 6.16. The monoisotopic (exact) mass is 342 g/mol. The lowest BCUT2D eigenvalue weighted by atomic mass is 10.1. The summed E-state index contributed by atoms with van der Waals surface area (Å²) in [5.41, 5.74) is 0.384. The fourth-order valence-corrected chi connectivity index (χ4v) is 2.52. The van der Waals surface area contributed by atoms with Crippen LogP contribution in [0.5, 0.6) is 5.75 Å². The third-order valence-electron chi connectivity index (χ3n) is 3.62. The molecule has 0 spiro atoms. The molecular formula is C15H13F3N2O4. The number of aromatic amines is 1. The summed E-state index contributed by atoms with van der Waals surface area (Å²) in [6.07, 6.45) is -3.49. The van der Waals surface area contributed by atoms with Gasteiger partial charge in [0, 0.05) is 36.3 Å². The smallest absolute Gasteiger partial charge is 0.406 e. The van der Waals surface area contributed by atoms with E-state index < -0.39 is 23.8 Å². The van der Waals surface area contributed by atoms with Crippen molar-refractivity contribution >= 4 is 22.6 Å². The summed E-state index contributed by atoms with van der Waals surface area (Å²) >= 11 is 0. The highest BCUT2D eigenvalue weighted by Gasteiger charge is 2.31. The molecule has 9 heteroatoms. The number of carbonyl (C=O) groups excluding carboxylic acids is 2. The number of carbonyl (C=O) groups is 2. The second-order valence-corrected chi connectivity index (χ2v) is 5.19. The van der Waals surface area contributed by atoms with E-state index in [2.05, 4.69) is 9.72 Å². The molecule has 1 aromatic heterocycles. The van der Waals surface area contributed by atoms with Crippen molar-refractivity contribution in [1.29, 1.82) is 0 Å². The van der Waals surface area contributed by atoms with Crippen molar-refractivity contribution in [3.63, 3.8) is 0 Å². The van der Waals surface area contributed by atoms with E-state index in [-0.39, 0.29) is 11.1 Å². The molecule has 2 heterocycles. The van der Waals surface area contributed by atoms with Gasteiger partial charge in [-0.3, -0.25) is 9.59 Å². The highest BCUT2D eigenvalue weighted by molar-refractivity contribution is 6.44. The van der Waals surface area contributed by atoms with Crippen LogP contribution in [-0.2, 0) is 9.53 Å². The van der Waals surface area contributed by atoms with E-state index in [1.54, 1.807) is 0 Å². The molecule has 1 amide bonds. The molecule has 0 aliphatic carbocycles. The van der Waals surface area contributed by atoms with Crippen molar-refractivity contribution < 1.29 is 32.2 Å². The number of H-pyrrole nitrogens is 1. The number of rotatable bonds is 3. The molecule has 2 aromatic rings. The zero-order valence-electron chi connectivity index (χ0n) is 12.4. The molecule has 1 saturated heterocycles. The first-order chi connectivity index (χ1) is 11.3. The van der Waals surface area contributed by atoms with Crippen molar-refractivity contribution in [2.75, 3.05) is 26.3 Å². The van der Waals surface area contributed by atoms with Crippen LogP contribution in [0, 0.1) is 0 Å². The van der Waals surface area contributed by atoms with Gasteiger partial charge in [0.1, 0.15) is 5.75 Å². The van der Waals surface area contributed by atoms with Gasteiger partial charge in [-0.1, -0.05) is 0 Å². The standard InChI is InChI=1S/C15H13F3N2O4/c16-15(17,18)24-9-1-2-10-11(8-19-12(10)7-9)13(21)14(22)20-3-5-23-6-4-20/h1-2,7-8,19H,3-6H2. The van der Waals surface area contributed by atoms with Crippen LogP contribution in [0.4, 0.5) is 13.2 Å². The van der Waals surface area contributed by atoms with Gasteiger partial charge in [-0.2, -0.15) is 0 Å². The van der Waals surface area contributed by atoms with E-state index in [4.69, 9.17) is 4.74 Å². The SMILES string of the molecule is O=C(C(=O)N1CCOCC1)c1c[nH]c2cc(OC(F)(F)F)ccc12. The van der Waals surface area contributed by atoms with Crippen LogP contribution in [0.15, 0.2) is 24.4 Å². The van der Waals surface area contributed by atoms with E-state index in [1.807, 2.05) is 0 Å². The van der Waals surface area contributed by atoms with Gasteiger partial charge in [0.05, 0.1) is 18.8 Å². The van der Waals surface area contributed by atoms with Crippen LogP contribution in [0.3, 0.4) is 0 Å². The number of amides is 1. The lowest BCUT2D eigenvalue weighted by molar-refractivity contribution is -0.274. The van der Waals surface area contributed by atoms with Crippen LogP contribution >= 0.6 is 0 Å². The van der Waals surface area contributed by atoms with Gasteiger partial charge in [-0.15, -0.1) is 13.2 Å². The highest BCUT2D eigenvalue weighted by Crippen LogP contribution is 2.28. The molecule has 128 valence electrons. The highest BCUT2D eigenvalue weighted by atomic mass is 19.4. The summed E-state index contributed by atoms with van der Waals surface area (Å²) in [5, 5.41) is 0.358. The Morgan fingerprint density at radius 3 is 2.58 bits per heavy atom. The fraction of sp³-hybridized carbons (Fsp3) is 0.333. The summed E-state index contributed by atoms with van der Waals surface area (Å²) in [7, 11) is 0. The van der Waals surface area contributed by atoms with E-state index in [9.17, 15) is 22.8 Å². The first-order valence-electron chi connectivity index (χ1n) is 7.13. The molecule has 3 rings (SSSR count). The van der Waals surface area contributed by atoms with Gasteiger partial charge in [0.2, 0.25) is 0 Å². The number of halogens is 3. The summed E-state index contributed by atoms with van der Waals surface area (Å²) in [5.74, 6) is -1.78. The van der Waals surface area contributed by atoms with Crippen LogP contribution < -0.4 is 4.74 Å². The fourth-order valence-electron chi connectivity index (χ4n) is 2.52. The number of hydrogen-bond donors (Lipinski definition) is 1. The average Bonchev–Trinajstić information content (AvgIpc) is 2.96. The van der Waals surface area contributed by atoms with Crippen LogP contribution in [0.1, 0.15) is 10.4 Å². The number of nitrogens with one attached hydrogen (secondary N) is 1. The number of hydrogen-bond acceptors (Lipinski definition) is 4. The minimum Gasteiger partial charge on any atom is -0.406 e. The van der Waals surface area contributed by atoms with Gasteiger partial charge in [-0.25, -0.2) is 0 Å². The molecule has 1 aromatic carbocycles. The molecule has 0 radical (unpaired) electrons. The summed E-state index contributed by atoms with van der Waals surface area (Å²) in [6, 6.07) is 3.53. The molecule has 6 nitrogen and oxygen atoms in total. The quantitative estimate of drug-likeness (QED) is 0.685. The maximum atomic E-state index is 12.4. The third-order valence-corrected chi connectivity index (χ3v) is 3.62. The van der Waals surface area contributed by atoms with Crippen molar-refractivity contribution in [2.45, 2.75) is 6.36 Å². The van der Waals surface area contributed by atoms with E-state index in [1.165, 1.54) is 17.2 Å². The van der Waals surface area contributed by atoms with Gasteiger partial charge < -0.3 is 19.4 Å². The zero-order chi connectivity index (χ0) is 17.3. The third kappa shape index (κ3) is 3.35. The van der Waals surface area contributed by atoms with E-state index in [0.29, 0.717) is 31.7 Å². The number of benzene rings is 1. The van der Waals surface area contributed by atoms with Gasteiger partial charge in [-0.05, 0) is 12.1 Å². The Kier molecular flexibility index (Phi) is 4.18. The Bertz CT molecular complexity index is 779. The second-order valence-electron chi connectivity index (χ2n) is 5.19. The predicted octanol–water partition coefficient (Wildman–Crippen LogP) is 2.11. The molecule has 1 aliphatic rings. The Balaban J connectivity index is 1.84. The normalized spacial score (nSPS) is 15.5. The summed E-state index contributed by atoms with van der Waals surface area (Å²) in [4.78, 5) is 28.7. The topological polar surface area (TPSA) is 71.6 Å². The Morgan fingerprint density at radius 2 is 1.92 bits per heavy atom. The van der Waals surface area contributed by atoms with Gasteiger partial charge in [0.25, 0.3) is 11.7 Å². The van der Waals surface area contributed by atoms with Crippen molar-refractivity contribution in [2.24, 2.45) is 0 Å².